The molecule has 0 spiro atoms. The molecule has 0 atom stereocenters. The van der Waals surface area contributed by atoms with Crippen molar-refractivity contribution in [2.75, 3.05) is 5.75 Å². The first kappa shape index (κ1) is 8.45. The molecule has 1 heterocycles. The first-order valence-corrected chi connectivity index (χ1v) is 4.05. The summed E-state index contributed by atoms with van der Waals surface area (Å²) in [6.45, 7) is 0. The molecule has 0 aliphatic carbocycles. The van der Waals surface area contributed by atoms with Gasteiger partial charge in [-0.25, -0.2) is 4.98 Å². The SMILES string of the molecule is SCC#Cc1ccc(Cl)cn1. The van der Waals surface area contributed by atoms with E-state index in [1.807, 2.05) is 0 Å². The molecule has 0 N–H and O–H groups in total. The molecule has 1 nitrogen and oxygen atoms in total. The molecule has 0 amide bonds. The standard InChI is InChI=1S/C8H6ClNS/c9-7-3-4-8(10-6-7)2-1-5-11/h3-4,6,11H,5H2. The highest BCUT2D eigenvalue weighted by Gasteiger charge is 1.87. The van der Waals surface area contributed by atoms with Gasteiger partial charge in [0.25, 0.3) is 0 Å². The molecular formula is C8H6ClNS. The van der Waals surface area contributed by atoms with Crippen LogP contribution in [0.25, 0.3) is 0 Å². The largest absolute Gasteiger partial charge is 0.246 e. The number of thiol groups is 1. The predicted molar refractivity (Wildman–Crippen MR) is 50.0 cm³/mol. The monoisotopic (exact) mass is 183 g/mol. The van der Waals surface area contributed by atoms with Crippen LogP contribution in [-0.4, -0.2) is 10.7 Å². The molecule has 0 aromatic carbocycles. The third kappa shape index (κ3) is 2.83. The van der Waals surface area contributed by atoms with Crippen molar-refractivity contribution in [2.45, 2.75) is 0 Å². The van der Waals surface area contributed by atoms with Crippen molar-refractivity contribution in [3.05, 3.63) is 29.0 Å². The second kappa shape index (κ2) is 4.27. The topological polar surface area (TPSA) is 12.9 Å². The molecule has 11 heavy (non-hydrogen) atoms. The quantitative estimate of drug-likeness (QED) is 0.480. The van der Waals surface area contributed by atoms with Gasteiger partial charge >= 0.3 is 0 Å². The lowest BCUT2D eigenvalue weighted by Gasteiger charge is -1.88. The van der Waals surface area contributed by atoms with Gasteiger partial charge in [0.2, 0.25) is 0 Å². The molecule has 0 saturated carbocycles. The third-order valence-corrected chi connectivity index (χ3v) is 1.40. The van der Waals surface area contributed by atoms with Crippen LogP contribution in [0.15, 0.2) is 18.3 Å². The normalized spacial score (nSPS) is 8.55. The summed E-state index contributed by atoms with van der Waals surface area (Å²) in [5, 5.41) is 0.626. The third-order valence-electron chi connectivity index (χ3n) is 1.02. The maximum absolute atomic E-state index is 5.62. The van der Waals surface area contributed by atoms with Crippen LogP contribution in [0.2, 0.25) is 5.02 Å². The molecule has 3 heteroatoms. The van der Waals surface area contributed by atoms with Gasteiger partial charge in [0.1, 0.15) is 5.69 Å². The first-order valence-electron chi connectivity index (χ1n) is 3.04. The van der Waals surface area contributed by atoms with Crippen LogP contribution in [0.3, 0.4) is 0 Å². The number of nitrogens with zero attached hydrogens (tertiary/aromatic N) is 1. The number of halogens is 1. The first-order chi connectivity index (χ1) is 5.33. The van der Waals surface area contributed by atoms with Gasteiger partial charge in [-0.05, 0) is 18.1 Å². The van der Waals surface area contributed by atoms with Crippen LogP contribution in [0, 0.1) is 11.8 Å². The molecular weight excluding hydrogens is 178 g/mol. The lowest BCUT2D eigenvalue weighted by atomic mass is 10.3. The van der Waals surface area contributed by atoms with Gasteiger partial charge in [-0.1, -0.05) is 17.5 Å². The second-order valence-electron chi connectivity index (χ2n) is 1.82. The Labute approximate surface area is 76.2 Å². The Morgan fingerprint density at radius 1 is 1.55 bits per heavy atom. The number of rotatable bonds is 0. The molecule has 0 aliphatic heterocycles. The summed E-state index contributed by atoms with van der Waals surface area (Å²) in [4.78, 5) is 3.98. The molecule has 0 aliphatic rings. The summed E-state index contributed by atoms with van der Waals surface area (Å²) in [7, 11) is 0. The zero-order chi connectivity index (χ0) is 8.10. The van der Waals surface area contributed by atoms with Crippen molar-refractivity contribution >= 4 is 24.2 Å². The van der Waals surface area contributed by atoms with Gasteiger partial charge in [0.15, 0.2) is 0 Å². The Morgan fingerprint density at radius 2 is 2.36 bits per heavy atom. The summed E-state index contributed by atoms with van der Waals surface area (Å²) >= 11 is 9.56. The van der Waals surface area contributed by atoms with Crippen LogP contribution in [0.5, 0.6) is 0 Å². The Morgan fingerprint density at radius 3 is 2.91 bits per heavy atom. The Hall–Kier alpha value is -0.650. The lowest BCUT2D eigenvalue weighted by molar-refractivity contribution is 1.29. The summed E-state index contributed by atoms with van der Waals surface area (Å²) in [6.07, 6.45) is 1.57. The minimum atomic E-state index is 0.546. The molecule has 0 unspecified atom stereocenters. The zero-order valence-electron chi connectivity index (χ0n) is 5.71. The predicted octanol–water partition coefficient (Wildman–Crippen LogP) is 2.02. The number of pyridine rings is 1. The molecule has 0 bridgehead atoms. The molecule has 0 radical (unpaired) electrons. The second-order valence-corrected chi connectivity index (χ2v) is 2.57. The average Bonchev–Trinajstić information content (AvgIpc) is 2.04. The van der Waals surface area contributed by atoms with Crippen LogP contribution in [0.1, 0.15) is 5.69 Å². The summed E-state index contributed by atoms with van der Waals surface area (Å²) in [5.74, 6) is 6.16. The van der Waals surface area contributed by atoms with Crippen molar-refractivity contribution < 1.29 is 0 Å². The van der Waals surface area contributed by atoms with Crippen molar-refractivity contribution in [3.63, 3.8) is 0 Å². The van der Waals surface area contributed by atoms with Crippen molar-refractivity contribution in [3.8, 4) is 11.8 Å². The van der Waals surface area contributed by atoms with Crippen LogP contribution >= 0.6 is 24.2 Å². The van der Waals surface area contributed by atoms with Gasteiger partial charge in [-0.15, -0.1) is 0 Å². The summed E-state index contributed by atoms with van der Waals surface area (Å²) in [5.41, 5.74) is 0.725. The average molecular weight is 184 g/mol. The van der Waals surface area contributed by atoms with E-state index in [-0.39, 0.29) is 0 Å². The Balaban J connectivity index is 2.82. The maximum Gasteiger partial charge on any atom is 0.113 e. The van der Waals surface area contributed by atoms with Crippen molar-refractivity contribution in [1.82, 2.24) is 4.98 Å². The Bertz CT molecular complexity index is 283. The van der Waals surface area contributed by atoms with Crippen molar-refractivity contribution in [1.29, 1.82) is 0 Å². The smallest absolute Gasteiger partial charge is 0.113 e. The van der Waals surface area contributed by atoms with Crippen molar-refractivity contribution in [2.24, 2.45) is 0 Å². The number of hydrogen-bond acceptors (Lipinski definition) is 2. The Kier molecular flexibility index (Phi) is 3.28. The fourth-order valence-electron chi connectivity index (χ4n) is 0.580. The highest BCUT2D eigenvalue weighted by Crippen LogP contribution is 2.04. The van der Waals surface area contributed by atoms with E-state index in [4.69, 9.17) is 11.6 Å². The molecule has 56 valence electrons. The van der Waals surface area contributed by atoms with E-state index in [2.05, 4.69) is 29.5 Å². The molecule has 1 aromatic rings. The van der Waals surface area contributed by atoms with E-state index in [1.165, 1.54) is 0 Å². The fraction of sp³-hybridized carbons (Fsp3) is 0.125. The van der Waals surface area contributed by atoms with Crippen LogP contribution in [-0.2, 0) is 0 Å². The maximum atomic E-state index is 5.62. The highest BCUT2D eigenvalue weighted by atomic mass is 35.5. The summed E-state index contributed by atoms with van der Waals surface area (Å²) in [6, 6.07) is 3.54. The molecule has 1 aromatic heterocycles. The molecule has 1 rings (SSSR count). The van der Waals surface area contributed by atoms with E-state index < -0.39 is 0 Å². The lowest BCUT2D eigenvalue weighted by Crippen LogP contribution is -1.79. The van der Waals surface area contributed by atoms with E-state index in [0.717, 1.165) is 5.69 Å². The number of hydrogen-bond donors (Lipinski definition) is 1. The van der Waals surface area contributed by atoms with Gasteiger partial charge in [0, 0.05) is 6.20 Å². The van der Waals surface area contributed by atoms with E-state index in [9.17, 15) is 0 Å². The van der Waals surface area contributed by atoms with Gasteiger partial charge in [-0.3, -0.25) is 0 Å². The number of aromatic nitrogens is 1. The fourth-order valence-corrected chi connectivity index (χ4v) is 0.771. The van der Waals surface area contributed by atoms with Crippen LogP contribution < -0.4 is 0 Å². The summed E-state index contributed by atoms with van der Waals surface area (Å²) < 4.78 is 0. The van der Waals surface area contributed by atoms with Gasteiger partial charge < -0.3 is 0 Å². The van der Waals surface area contributed by atoms with E-state index >= 15 is 0 Å². The van der Waals surface area contributed by atoms with E-state index in [1.54, 1.807) is 18.3 Å². The minimum absolute atomic E-state index is 0.546. The highest BCUT2D eigenvalue weighted by molar-refractivity contribution is 7.80. The molecule has 0 fully saturated rings. The zero-order valence-corrected chi connectivity index (χ0v) is 7.36. The van der Waals surface area contributed by atoms with Gasteiger partial charge in [-0.2, -0.15) is 12.6 Å². The van der Waals surface area contributed by atoms with Crippen LogP contribution in [0.4, 0.5) is 0 Å². The van der Waals surface area contributed by atoms with Gasteiger partial charge in [0.05, 0.1) is 10.8 Å². The van der Waals surface area contributed by atoms with E-state index in [0.29, 0.717) is 10.8 Å². The molecule has 0 saturated heterocycles. The minimum Gasteiger partial charge on any atom is -0.246 e.